The number of hydrogen-bond donors (Lipinski definition) is 0. The van der Waals surface area contributed by atoms with E-state index in [4.69, 9.17) is 14.2 Å². The predicted octanol–water partition coefficient (Wildman–Crippen LogP) is 3.69. The van der Waals surface area contributed by atoms with Gasteiger partial charge >= 0.3 is 5.97 Å². The maximum Gasteiger partial charge on any atom is 0.314 e. The summed E-state index contributed by atoms with van der Waals surface area (Å²) in [6.07, 6.45) is 1.94. The van der Waals surface area contributed by atoms with E-state index in [0.717, 1.165) is 24.0 Å². The first-order valence-electron chi connectivity index (χ1n) is 7.88. The molecule has 3 aliphatic rings. The molecule has 2 aromatic carbocycles. The number of hydrogen-bond acceptors (Lipinski definition) is 3. The van der Waals surface area contributed by atoms with Crippen molar-refractivity contribution in [3.8, 4) is 0 Å². The fourth-order valence-electron chi connectivity index (χ4n) is 4.41. The monoisotopic (exact) mass is 294 g/mol. The minimum Gasteiger partial charge on any atom is -0.317 e. The van der Waals surface area contributed by atoms with Gasteiger partial charge in [-0.15, -0.1) is 0 Å². The molecule has 1 aliphatic carbocycles. The van der Waals surface area contributed by atoms with Gasteiger partial charge in [0.25, 0.3) is 0 Å². The van der Waals surface area contributed by atoms with Crippen LogP contribution >= 0.6 is 0 Å². The minimum absolute atomic E-state index is 0.0360. The summed E-state index contributed by atoms with van der Waals surface area (Å²) >= 11 is 0. The fraction of sp³-hybridized carbons (Fsp3) is 0.368. The first-order chi connectivity index (χ1) is 10.7. The summed E-state index contributed by atoms with van der Waals surface area (Å²) in [4.78, 5) is 0. The van der Waals surface area contributed by atoms with E-state index in [1.54, 1.807) is 0 Å². The van der Waals surface area contributed by atoms with Gasteiger partial charge in [-0.05, 0) is 25.3 Å². The van der Waals surface area contributed by atoms with Crippen molar-refractivity contribution in [1.82, 2.24) is 0 Å². The Labute approximate surface area is 129 Å². The molecule has 4 atom stereocenters. The molecule has 2 aliphatic heterocycles. The Morgan fingerprint density at radius 1 is 0.864 bits per heavy atom. The van der Waals surface area contributed by atoms with E-state index in [0.29, 0.717) is 0 Å². The Morgan fingerprint density at radius 2 is 1.50 bits per heavy atom. The van der Waals surface area contributed by atoms with Gasteiger partial charge in [-0.1, -0.05) is 60.7 Å². The molecule has 0 amide bonds. The lowest BCUT2D eigenvalue weighted by Crippen LogP contribution is -2.50. The Hall–Kier alpha value is -1.68. The molecule has 3 heteroatoms. The number of rotatable bonds is 2. The van der Waals surface area contributed by atoms with Gasteiger partial charge < -0.3 is 14.2 Å². The van der Waals surface area contributed by atoms with Crippen molar-refractivity contribution in [2.24, 2.45) is 0 Å². The van der Waals surface area contributed by atoms with Crippen LogP contribution in [-0.4, -0.2) is 11.7 Å². The molecule has 22 heavy (non-hydrogen) atoms. The van der Waals surface area contributed by atoms with Crippen LogP contribution in [0.2, 0.25) is 0 Å². The highest BCUT2D eigenvalue weighted by Gasteiger charge is 2.78. The lowest BCUT2D eigenvalue weighted by molar-refractivity contribution is -0.337. The predicted molar refractivity (Wildman–Crippen MR) is 80.9 cm³/mol. The molecule has 1 saturated carbocycles. The van der Waals surface area contributed by atoms with Crippen LogP contribution in [0, 0.1) is 0 Å². The third kappa shape index (κ3) is 1.33. The van der Waals surface area contributed by atoms with Crippen molar-refractivity contribution >= 4 is 0 Å². The SMILES string of the molecule is C[C@]12CC[C@@H]3OC(c4ccccc4)(O1)O[C@@]32c1ccccc1. The van der Waals surface area contributed by atoms with E-state index >= 15 is 0 Å². The second-order valence-electron chi connectivity index (χ2n) is 6.60. The molecule has 2 heterocycles. The van der Waals surface area contributed by atoms with Gasteiger partial charge in [-0.25, -0.2) is 0 Å². The molecule has 2 saturated heterocycles. The van der Waals surface area contributed by atoms with E-state index in [1.807, 2.05) is 36.4 Å². The van der Waals surface area contributed by atoms with Crippen LogP contribution < -0.4 is 0 Å². The largest absolute Gasteiger partial charge is 0.317 e. The molecule has 5 rings (SSSR count). The normalized spacial score (nSPS) is 42.0. The highest BCUT2D eigenvalue weighted by atomic mass is 16.9. The molecule has 2 aromatic rings. The highest BCUT2D eigenvalue weighted by molar-refractivity contribution is 5.36. The number of benzene rings is 2. The minimum atomic E-state index is -1.06. The van der Waals surface area contributed by atoms with Crippen molar-refractivity contribution in [3.63, 3.8) is 0 Å². The van der Waals surface area contributed by atoms with Gasteiger partial charge in [0.05, 0.1) is 0 Å². The first kappa shape index (κ1) is 12.8. The first-order valence-corrected chi connectivity index (χ1v) is 7.88. The molecule has 3 fully saturated rings. The molecular weight excluding hydrogens is 276 g/mol. The summed E-state index contributed by atoms with van der Waals surface area (Å²) < 4.78 is 19.3. The second-order valence-corrected chi connectivity index (χ2v) is 6.60. The smallest absolute Gasteiger partial charge is 0.314 e. The topological polar surface area (TPSA) is 27.7 Å². The van der Waals surface area contributed by atoms with Gasteiger partial charge in [0.2, 0.25) is 0 Å². The number of fused-ring (bicyclic) bond motifs is 1. The molecule has 0 N–H and O–H groups in total. The third-order valence-corrected chi connectivity index (χ3v) is 5.41. The maximum atomic E-state index is 6.57. The van der Waals surface area contributed by atoms with Crippen LogP contribution in [0.5, 0.6) is 0 Å². The molecule has 112 valence electrons. The summed E-state index contributed by atoms with van der Waals surface area (Å²) in [5, 5.41) is 0. The summed E-state index contributed by atoms with van der Waals surface area (Å²) in [7, 11) is 0. The zero-order chi connectivity index (χ0) is 14.8. The zero-order valence-electron chi connectivity index (χ0n) is 12.5. The second kappa shape index (κ2) is 3.99. The van der Waals surface area contributed by atoms with Crippen LogP contribution in [0.3, 0.4) is 0 Å². The molecule has 2 bridgehead atoms. The summed E-state index contributed by atoms with van der Waals surface area (Å²) in [5.74, 6) is -1.06. The van der Waals surface area contributed by atoms with Gasteiger partial charge in [0.1, 0.15) is 11.7 Å². The van der Waals surface area contributed by atoms with E-state index in [-0.39, 0.29) is 11.7 Å². The Balaban J connectivity index is 1.70. The van der Waals surface area contributed by atoms with Crippen LogP contribution in [0.15, 0.2) is 60.7 Å². The van der Waals surface area contributed by atoms with Crippen molar-refractivity contribution in [3.05, 3.63) is 71.8 Å². The van der Waals surface area contributed by atoms with E-state index in [2.05, 4.69) is 31.2 Å². The standard InChI is InChI=1S/C19H18O3/c1-17-13-12-16-18(17,14-8-4-2-5-9-14)22-19(20-16,21-17)15-10-6-3-7-11-15/h2-11,16H,12-13H2,1H3/t16-,17+,18-,19?/m0/s1. The molecule has 0 radical (unpaired) electrons. The van der Waals surface area contributed by atoms with Crippen molar-refractivity contribution in [1.29, 1.82) is 0 Å². The quantitative estimate of drug-likeness (QED) is 0.845. The van der Waals surface area contributed by atoms with Gasteiger partial charge in [0, 0.05) is 5.56 Å². The summed E-state index contributed by atoms with van der Waals surface area (Å²) in [5.41, 5.74) is 1.22. The van der Waals surface area contributed by atoms with Gasteiger partial charge in [-0.3, -0.25) is 0 Å². The Morgan fingerprint density at radius 3 is 2.14 bits per heavy atom. The maximum absolute atomic E-state index is 6.57. The lowest BCUT2D eigenvalue weighted by Gasteiger charge is -2.38. The van der Waals surface area contributed by atoms with Gasteiger partial charge in [-0.2, -0.15) is 0 Å². The summed E-state index contributed by atoms with van der Waals surface area (Å²) in [6.45, 7) is 2.16. The van der Waals surface area contributed by atoms with Crippen LogP contribution in [0.1, 0.15) is 30.9 Å². The average Bonchev–Trinajstić information content (AvgIpc) is 3.08. The van der Waals surface area contributed by atoms with Crippen molar-refractivity contribution in [2.75, 3.05) is 0 Å². The zero-order valence-corrected chi connectivity index (χ0v) is 12.5. The molecule has 0 spiro atoms. The molecular formula is C19H18O3. The van der Waals surface area contributed by atoms with Crippen molar-refractivity contribution < 1.29 is 14.2 Å². The van der Waals surface area contributed by atoms with Crippen molar-refractivity contribution in [2.45, 2.75) is 43.0 Å². The summed E-state index contributed by atoms with van der Waals surface area (Å²) in [6, 6.07) is 20.4. The van der Waals surface area contributed by atoms with Crippen LogP contribution in [0.4, 0.5) is 0 Å². The molecule has 3 nitrogen and oxygen atoms in total. The van der Waals surface area contributed by atoms with E-state index in [9.17, 15) is 0 Å². The molecule has 0 aromatic heterocycles. The van der Waals surface area contributed by atoms with E-state index in [1.165, 1.54) is 0 Å². The fourth-order valence-corrected chi connectivity index (χ4v) is 4.41. The van der Waals surface area contributed by atoms with Crippen LogP contribution in [-0.2, 0) is 25.8 Å². The Bertz CT molecular complexity index is 716. The Kier molecular flexibility index (Phi) is 2.32. The highest BCUT2D eigenvalue weighted by Crippen LogP contribution is 2.68. The molecule has 1 unspecified atom stereocenters. The average molecular weight is 294 g/mol. The van der Waals surface area contributed by atoms with E-state index < -0.39 is 11.6 Å². The van der Waals surface area contributed by atoms with Crippen LogP contribution in [0.25, 0.3) is 0 Å². The lowest BCUT2D eigenvalue weighted by atomic mass is 9.80. The number of ether oxygens (including phenoxy) is 3. The third-order valence-electron chi connectivity index (χ3n) is 5.41. The van der Waals surface area contributed by atoms with Gasteiger partial charge in [0.15, 0.2) is 5.60 Å².